The molecule has 5 rings (SSSR count). The number of carbonyl (C=O) groups is 5. The van der Waals surface area contributed by atoms with E-state index in [1.807, 2.05) is 0 Å². The molecule has 1 heterocycles. The lowest BCUT2D eigenvalue weighted by molar-refractivity contribution is -0.151. The van der Waals surface area contributed by atoms with Crippen LogP contribution in [0.1, 0.15) is 60.4 Å². The predicted molar refractivity (Wildman–Crippen MR) is 175 cm³/mol. The highest BCUT2D eigenvalue weighted by molar-refractivity contribution is 9.10. The van der Waals surface area contributed by atoms with Crippen LogP contribution in [-0.2, 0) is 24.5 Å². The van der Waals surface area contributed by atoms with Gasteiger partial charge in [0.2, 0.25) is 5.91 Å². The van der Waals surface area contributed by atoms with Crippen molar-refractivity contribution in [3.8, 4) is 0 Å². The lowest BCUT2D eigenvalue weighted by Gasteiger charge is -2.35. The Morgan fingerprint density at radius 3 is 2.02 bits per heavy atom. The molecule has 232 valence electrons. The number of hydrogen-bond acceptors (Lipinski definition) is 7. The maximum Gasteiger partial charge on any atom is 0.421 e. The summed E-state index contributed by atoms with van der Waals surface area (Å²) in [6.07, 6.45) is 0.400. The highest BCUT2D eigenvalue weighted by atomic mass is 79.9. The Hall–Kier alpha value is -3.89. The van der Waals surface area contributed by atoms with Gasteiger partial charge in [0.25, 0.3) is 0 Å². The summed E-state index contributed by atoms with van der Waals surface area (Å²) >= 11 is 6.76. The van der Waals surface area contributed by atoms with E-state index in [1.165, 1.54) is 0 Å². The first-order valence-electron chi connectivity index (χ1n) is 14.4. The number of carbonyl (C=O) groups excluding carboxylic acids is 5. The maximum absolute atomic E-state index is 14.9. The lowest BCUT2D eigenvalue weighted by Crippen LogP contribution is -2.53. The van der Waals surface area contributed by atoms with E-state index in [0.29, 0.717) is 11.1 Å². The largest absolute Gasteiger partial charge is 0.465 e. The Bertz CT molecular complexity index is 1720. The van der Waals surface area contributed by atoms with Gasteiger partial charge in [0.05, 0.1) is 12.3 Å². The number of anilines is 1. The molecule has 0 unspecified atom stereocenters. The van der Waals surface area contributed by atoms with E-state index in [-0.39, 0.29) is 35.6 Å². The van der Waals surface area contributed by atoms with Crippen molar-refractivity contribution in [1.29, 1.82) is 0 Å². The number of nitrogens with zero attached hydrogens (tertiary/aromatic N) is 1. The SMILES string of the molecule is CCOC(=O)[C@H]1C(C(=O)c2ccc(Br)cc2)=C[C@@H](CC(=O)c2ccc(Br)cc2)[C@@]12C(=O)N(C(=O)OC(C)(C)C)c1ccccc12. The predicted octanol–water partition coefficient (Wildman–Crippen LogP) is 7.62. The second kappa shape index (κ2) is 12.5. The second-order valence-electron chi connectivity index (χ2n) is 11.9. The number of esters is 1. The second-order valence-corrected chi connectivity index (χ2v) is 13.7. The molecule has 0 fully saturated rings. The zero-order chi connectivity index (χ0) is 32.7. The summed E-state index contributed by atoms with van der Waals surface area (Å²) in [5, 5.41) is 0. The minimum atomic E-state index is -1.84. The van der Waals surface area contributed by atoms with Crippen LogP contribution in [-0.4, -0.2) is 41.7 Å². The highest BCUT2D eigenvalue weighted by Gasteiger charge is 2.67. The van der Waals surface area contributed by atoms with Gasteiger partial charge in [0.15, 0.2) is 11.6 Å². The number of ether oxygens (including phenoxy) is 2. The Morgan fingerprint density at radius 1 is 0.867 bits per heavy atom. The number of halogens is 2. The van der Waals surface area contributed by atoms with Crippen molar-refractivity contribution in [1.82, 2.24) is 0 Å². The fraction of sp³-hybridized carbons (Fsp3) is 0.286. The molecular weight excluding hydrogens is 706 g/mol. The van der Waals surface area contributed by atoms with E-state index in [0.717, 1.165) is 13.8 Å². The first-order chi connectivity index (χ1) is 21.3. The molecule has 10 heteroatoms. The zero-order valence-electron chi connectivity index (χ0n) is 25.1. The zero-order valence-corrected chi connectivity index (χ0v) is 28.3. The van der Waals surface area contributed by atoms with Gasteiger partial charge in [-0.3, -0.25) is 19.2 Å². The minimum absolute atomic E-state index is 0.0146. The van der Waals surface area contributed by atoms with Gasteiger partial charge in [-0.05, 0) is 75.7 Å². The van der Waals surface area contributed by atoms with Crippen molar-refractivity contribution in [2.75, 3.05) is 11.5 Å². The van der Waals surface area contributed by atoms with Crippen molar-refractivity contribution >= 4 is 67.1 Å². The summed E-state index contributed by atoms with van der Waals surface area (Å²) in [5.41, 5.74) is -1.51. The number of amides is 2. The maximum atomic E-state index is 14.9. The molecule has 0 saturated heterocycles. The van der Waals surface area contributed by atoms with Crippen LogP contribution in [0, 0.1) is 11.8 Å². The molecule has 8 nitrogen and oxygen atoms in total. The van der Waals surface area contributed by atoms with Gasteiger partial charge < -0.3 is 9.47 Å². The molecule has 45 heavy (non-hydrogen) atoms. The van der Waals surface area contributed by atoms with Gasteiger partial charge in [-0.2, -0.15) is 0 Å². The van der Waals surface area contributed by atoms with Gasteiger partial charge >= 0.3 is 12.1 Å². The third-order valence-electron chi connectivity index (χ3n) is 7.92. The van der Waals surface area contributed by atoms with Crippen LogP contribution < -0.4 is 4.90 Å². The van der Waals surface area contributed by atoms with Crippen molar-refractivity contribution in [3.63, 3.8) is 0 Å². The first-order valence-corrected chi connectivity index (χ1v) is 16.0. The van der Waals surface area contributed by atoms with Crippen molar-refractivity contribution in [3.05, 3.63) is 110 Å². The third-order valence-corrected chi connectivity index (χ3v) is 8.98. The summed E-state index contributed by atoms with van der Waals surface area (Å²) in [5.74, 6) is -4.79. The monoisotopic (exact) mass is 735 g/mol. The molecule has 1 aliphatic carbocycles. The Kier molecular flexibility index (Phi) is 9.01. The number of ketones is 2. The van der Waals surface area contributed by atoms with E-state index in [4.69, 9.17) is 9.47 Å². The molecule has 3 aromatic carbocycles. The van der Waals surface area contributed by atoms with Crippen LogP contribution >= 0.6 is 31.9 Å². The molecule has 3 atom stereocenters. The van der Waals surface area contributed by atoms with Crippen LogP contribution in [0.3, 0.4) is 0 Å². The van der Waals surface area contributed by atoms with Gasteiger partial charge in [-0.1, -0.05) is 68.3 Å². The number of Topliss-reactive ketones (excluding diaryl/α,β-unsaturated/α-hetero) is 2. The van der Waals surface area contributed by atoms with Crippen molar-refractivity contribution < 1.29 is 33.4 Å². The molecule has 0 radical (unpaired) electrons. The van der Waals surface area contributed by atoms with Gasteiger partial charge in [0, 0.05) is 38.0 Å². The molecule has 1 aliphatic heterocycles. The summed E-state index contributed by atoms with van der Waals surface area (Å²) in [6.45, 7) is 6.66. The molecule has 2 amide bonds. The molecule has 2 aliphatic rings. The van der Waals surface area contributed by atoms with E-state index in [9.17, 15) is 24.0 Å². The number of rotatable bonds is 7. The first kappa shape index (κ1) is 32.5. The lowest BCUT2D eigenvalue weighted by atomic mass is 9.64. The number of fused-ring (bicyclic) bond motifs is 2. The van der Waals surface area contributed by atoms with E-state index in [1.54, 1.807) is 107 Å². The average Bonchev–Trinajstić information content (AvgIpc) is 3.45. The standard InChI is InChI=1S/C35H31Br2NO7/c1-5-44-31(41)29-25(30(40)21-12-16-24(37)17-13-21)18-22(19-28(39)20-10-14-23(36)15-11-20)35(29)26-8-6-7-9-27(26)38(32(35)42)33(43)45-34(2,3)4/h6-18,22,29H,5,19H2,1-4H3/t22-,29+,35-/m0/s1. The minimum Gasteiger partial charge on any atom is -0.465 e. The van der Waals surface area contributed by atoms with Crippen LogP contribution in [0.2, 0.25) is 0 Å². The van der Waals surface area contributed by atoms with E-state index < -0.39 is 46.6 Å². The van der Waals surface area contributed by atoms with Crippen LogP contribution in [0.5, 0.6) is 0 Å². The van der Waals surface area contributed by atoms with Gasteiger partial charge in [0.1, 0.15) is 16.9 Å². The molecule has 1 spiro atoms. The molecule has 0 bridgehead atoms. The number of imide groups is 1. The molecule has 3 aromatic rings. The number of para-hydroxylation sites is 1. The number of hydrogen-bond donors (Lipinski definition) is 0. The van der Waals surface area contributed by atoms with Crippen molar-refractivity contribution in [2.45, 2.75) is 45.1 Å². The Labute approximate surface area is 278 Å². The molecule has 0 N–H and O–H groups in total. The topological polar surface area (TPSA) is 107 Å². The normalized spacial score (nSPS) is 20.5. The summed E-state index contributed by atoms with van der Waals surface area (Å²) < 4.78 is 12.7. The molecule has 0 aromatic heterocycles. The highest BCUT2D eigenvalue weighted by Crippen LogP contribution is 2.59. The number of benzene rings is 3. The third kappa shape index (κ3) is 5.93. The molecular formula is C35H31Br2NO7. The number of allylic oxidation sites excluding steroid dienone is 1. The van der Waals surface area contributed by atoms with Gasteiger partial charge in [-0.25, -0.2) is 9.69 Å². The van der Waals surface area contributed by atoms with Crippen LogP contribution in [0.15, 0.2) is 93.4 Å². The summed E-state index contributed by atoms with van der Waals surface area (Å²) in [4.78, 5) is 71.4. The average molecular weight is 737 g/mol. The Balaban J connectivity index is 1.74. The summed E-state index contributed by atoms with van der Waals surface area (Å²) in [7, 11) is 0. The van der Waals surface area contributed by atoms with Crippen molar-refractivity contribution in [2.24, 2.45) is 11.8 Å². The summed E-state index contributed by atoms with van der Waals surface area (Å²) in [6, 6.07) is 20.0. The van der Waals surface area contributed by atoms with Crippen LogP contribution in [0.4, 0.5) is 10.5 Å². The van der Waals surface area contributed by atoms with E-state index in [2.05, 4.69) is 31.9 Å². The van der Waals surface area contributed by atoms with E-state index >= 15 is 0 Å². The molecule has 0 saturated carbocycles. The van der Waals surface area contributed by atoms with Crippen LogP contribution in [0.25, 0.3) is 0 Å². The smallest absolute Gasteiger partial charge is 0.421 e. The Morgan fingerprint density at radius 2 is 1.44 bits per heavy atom. The fourth-order valence-corrected chi connectivity index (χ4v) is 6.67. The fourth-order valence-electron chi connectivity index (χ4n) is 6.14. The van der Waals surface area contributed by atoms with Gasteiger partial charge in [-0.15, -0.1) is 0 Å². The quantitative estimate of drug-likeness (QED) is 0.182.